The molecule has 3 nitrogen and oxygen atoms in total. The highest BCUT2D eigenvalue weighted by Crippen LogP contribution is 2.09. The molecular formula is C10H11N3. The Labute approximate surface area is 76.8 Å². The van der Waals surface area contributed by atoms with Gasteiger partial charge in [-0.05, 0) is 19.1 Å². The van der Waals surface area contributed by atoms with Crippen molar-refractivity contribution in [2.45, 2.75) is 6.92 Å². The first-order valence-corrected chi connectivity index (χ1v) is 4.14. The molecule has 0 spiro atoms. The van der Waals surface area contributed by atoms with E-state index in [1.165, 1.54) is 5.56 Å². The normalized spacial score (nSPS) is 10.2. The minimum Gasteiger partial charge on any atom is -0.382 e. The average Bonchev–Trinajstić information content (AvgIpc) is 2.53. The van der Waals surface area contributed by atoms with Crippen molar-refractivity contribution < 1.29 is 0 Å². The van der Waals surface area contributed by atoms with Gasteiger partial charge >= 0.3 is 0 Å². The number of anilines is 1. The second-order valence-corrected chi connectivity index (χ2v) is 3.02. The fraction of sp³-hybridized carbons (Fsp3) is 0.100. The molecule has 3 heteroatoms. The maximum Gasteiger partial charge on any atom is 0.145 e. The van der Waals surface area contributed by atoms with E-state index >= 15 is 0 Å². The zero-order valence-electron chi connectivity index (χ0n) is 7.44. The van der Waals surface area contributed by atoms with Crippen LogP contribution in [-0.4, -0.2) is 9.78 Å². The number of aryl methyl sites for hydroxylation is 1. The summed E-state index contributed by atoms with van der Waals surface area (Å²) in [7, 11) is 0. The third kappa shape index (κ3) is 1.54. The molecule has 0 aliphatic heterocycles. The summed E-state index contributed by atoms with van der Waals surface area (Å²) in [6.45, 7) is 2.06. The molecule has 13 heavy (non-hydrogen) atoms. The van der Waals surface area contributed by atoms with Crippen molar-refractivity contribution in [3.05, 3.63) is 42.1 Å². The van der Waals surface area contributed by atoms with E-state index in [1.807, 2.05) is 30.5 Å². The highest BCUT2D eigenvalue weighted by Gasteiger charge is 1.96. The van der Waals surface area contributed by atoms with Crippen LogP contribution in [0.15, 0.2) is 36.5 Å². The van der Waals surface area contributed by atoms with Gasteiger partial charge in [-0.2, -0.15) is 5.10 Å². The average molecular weight is 173 g/mol. The molecule has 0 unspecified atom stereocenters. The van der Waals surface area contributed by atoms with Gasteiger partial charge in [-0.1, -0.05) is 17.7 Å². The number of nitrogens with zero attached hydrogens (tertiary/aromatic N) is 2. The second kappa shape index (κ2) is 2.94. The molecule has 2 aromatic rings. The van der Waals surface area contributed by atoms with E-state index in [2.05, 4.69) is 12.0 Å². The lowest BCUT2D eigenvalue weighted by Gasteiger charge is -2.00. The first-order chi connectivity index (χ1) is 6.25. The van der Waals surface area contributed by atoms with Crippen molar-refractivity contribution in [2.75, 3.05) is 5.73 Å². The van der Waals surface area contributed by atoms with E-state index in [1.54, 1.807) is 10.7 Å². The molecule has 0 atom stereocenters. The largest absolute Gasteiger partial charge is 0.382 e. The van der Waals surface area contributed by atoms with E-state index in [0.717, 1.165) is 5.69 Å². The van der Waals surface area contributed by atoms with Crippen LogP contribution < -0.4 is 5.73 Å². The van der Waals surface area contributed by atoms with E-state index in [-0.39, 0.29) is 0 Å². The zero-order chi connectivity index (χ0) is 9.26. The molecule has 1 heterocycles. The molecule has 0 amide bonds. The number of hydrogen-bond acceptors (Lipinski definition) is 2. The molecule has 0 bridgehead atoms. The Morgan fingerprint density at radius 2 is 1.85 bits per heavy atom. The van der Waals surface area contributed by atoms with Crippen LogP contribution in [0.1, 0.15) is 5.56 Å². The SMILES string of the molecule is Cc1ccc(-n2ccc(N)n2)cc1. The van der Waals surface area contributed by atoms with Gasteiger partial charge in [-0.25, -0.2) is 4.68 Å². The summed E-state index contributed by atoms with van der Waals surface area (Å²) in [5, 5.41) is 4.11. The van der Waals surface area contributed by atoms with Crippen molar-refractivity contribution >= 4 is 5.82 Å². The van der Waals surface area contributed by atoms with Crippen LogP contribution in [0, 0.1) is 6.92 Å². The van der Waals surface area contributed by atoms with Gasteiger partial charge in [0.25, 0.3) is 0 Å². The summed E-state index contributed by atoms with van der Waals surface area (Å²) in [6, 6.07) is 9.91. The fourth-order valence-corrected chi connectivity index (χ4v) is 1.18. The molecule has 2 rings (SSSR count). The molecule has 0 saturated carbocycles. The number of nitrogen functional groups attached to an aromatic ring is 1. The molecule has 1 aromatic carbocycles. The quantitative estimate of drug-likeness (QED) is 0.714. The first kappa shape index (κ1) is 7.86. The van der Waals surface area contributed by atoms with E-state index in [0.29, 0.717) is 5.82 Å². The molecule has 0 aliphatic rings. The van der Waals surface area contributed by atoms with Crippen molar-refractivity contribution in [3.63, 3.8) is 0 Å². The van der Waals surface area contributed by atoms with Gasteiger partial charge in [0.15, 0.2) is 0 Å². The van der Waals surface area contributed by atoms with Crippen LogP contribution in [0.2, 0.25) is 0 Å². The van der Waals surface area contributed by atoms with E-state index in [9.17, 15) is 0 Å². The number of benzene rings is 1. The van der Waals surface area contributed by atoms with Crippen molar-refractivity contribution in [3.8, 4) is 5.69 Å². The van der Waals surface area contributed by atoms with Crippen LogP contribution in [-0.2, 0) is 0 Å². The van der Waals surface area contributed by atoms with Crippen LogP contribution >= 0.6 is 0 Å². The molecule has 0 fully saturated rings. The predicted molar refractivity (Wildman–Crippen MR) is 52.7 cm³/mol. The predicted octanol–water partition coefficient (Wildman–Crippen LogP) is 1.76. The molecule has 1 aromatic heterocycles. The minimum absolute atomic E-state index is 0.542. The standard InChI is InChI=1S/C10H11N3/c1-8-2-4-9(5-3-8)13-7-6-10(11)12-13/h2-7H,1H3,(H2,11,12). The maximum atomic E-state index is 5.51. The Bertz CT molecular complexity index is 400. The maximum absolute atomic E-state index is 5.51. The fourth-order valence-electron chi connectivity index (χ4n) is 1.18. The van der Waals surface area contributed by atoms with Gasteiger partial charge < -0.3 is 5.73 Å². The molecule has 0 aliphatic carbocycles. The Morgan fingerprint density at radius 3 is 2.38 bits per heavy atom. The van der Waals surface area contributed by atoms with Crippen LogP contribution in [0.5, 0.6) is 0 Å². The molecule has 0 radical (unpaired) electrons. The van der Waals surface area contributed by atoms with E-state index in [4.69, 9.17) is 5.73 Å². The number of hydrogen-bond donors (Lipinski definition) is 1. The summed E-state index contributed by atoms with van der Waals surface area (Å²) in [5.74, 6) is 0.542. The summed E-state index contributed by atoms with van der Waals surface area (Å²) in [5.41, 5.74) is 7.78. The van der Waals surface area contributed by atoms with Gasteiger partial charge in [-0.3, -0.25) is 0 Å². The third-order valence-electron chi connectivity index (χ3n) is 1.91. The number of rotatable bonds is 1. The molecule has 2 N–H and O–H groups in total. The highest BCUT2D eigenvalue weighted by molar-refractivity contribution is 5.36. The Hall–Kier alpha value is -1.77. The second-order valence-electron chi connectivity index (χ2n) is 3.02. The van der Waals surface area contributed by atoms with Gasteiger partial charge in [-0.15, -0.1) is 0 Å². The lowest BCUT2D eigenvalue weighted by atomic mass is 10.2. The van der Waals surface area contributed by atoms with Gasteiger partial charge in [0.2, 0.25) is 0 Å². The third-order valence-corrected chi connectivity index (χ3v) is 1.91. The highest BCUT2D eigenvalue weighted by atomic mass is 15.3. The number of aromatic nitrogens is 2. The zero-order valence-corrected chi connectivity index (χ0v) is 7.44. The summed E-state index contributed by atoms with van der Waals surface area (Å²) >= 11 is 0. The van der Waals surface area contributed by atoms with Crippen LogP contribution in [0.25, 0.3) is 5.69 Å². The van der Waals surface area contributed by atoms with Crippen molar-refractivity contribution in [2.24, 2.45) is 0 Å². The van der Waals surface area contributed by atoms with Crippen molar-refractivity contribution in [1.82, 2.24) is 9.78 Å². The molecule has 0 saturated heterocycles. The Balaban J connectivity index is 2.41. The van der Waals surface area contributed by atoms with Crippen molar-refractivity contribution in [1.29, 1.82) is 0 Å². The summed E-state index contributed by atoms with van der Waals surface area (Å²) < 4.78 is 1.76. The monoisotopic (exact) mass is 173 g/mol. The van der Waals surface area contributed by atoms with Gasteiger partial charge in [0.1, 0.15) is 5.82 Å². The topological polar surface area (TPSA) is 43.8 Å². The summed E-state index contributed by atoms with van der Waals surface area (Å²) in [4.78, 5) is 0. The Kier molecular flexibility index (Phi) is 1.77. The first-order valence-electron chi connectivity index (χ1n) is 4.14. The van der Waals surface area contributed by atoms with E-state index < -0.39 is 0 Å². The van der Waals surface area contributed by atoms with Crippen LogP contribution in [0.4, 0.5) is 5.82 Å². The minimum atomic E-state index is 0.542. The van der Waals surface area contributed by atoms with Crippen LogP contribution in [0.3, 0.4) is 0 Å². The lowest BCUT2D eigenvalue weighted by molar-refractivity contribution is 0.885. The number of nitrogens with two attached hydrogens (primary N) is 1. The molecule has 66 valence electrons. The van der Waals surface area contributed by atoms with Gasteiger partial charge in [0.05, 0.1) is 5.69 Å². The lowest BCUT2D eigenvalue weighted by Crippen LogP contribution is -1.95. The van der Waals surface area contributed by atoms with Gasteiger partial charge in [0, 0.05) is 12.3 Å². The summed E-state index contributed by atoms with van der Waals surface area (Å²) in [6.07, 6.45) is 1.85. The molecular weight excluding hydrogens is 162 g/mol. The smallest absolute Gasteiger partial charge is 0.145 e. The Morgan fingerprint density at radius 1 is 1.15 bits per heavy atom.